The molecule has 1 unspecified atom stereocenters. The van der Waals surface area contributed by atoms with E-state index >= 15 is 0 Å². The first kappa shape index (κ1) is 27.6. The van der Waals surface area contributed by atoms with Crippen LogP contribution in [0.25, 0.3) is 17.0 Å². The molecule has 0 saturated carbocycles. The second kappa shape index (κ2) is 11.7. The summed E-state index contributed by atoms with van der Waals surface area (Å²) in [6.45, 7) is 14.5. The number of hydrogen-bond donors (Lipinski definition) is 2. The van der Waals surface area contributed by atoms with Gasteiger partial charge in [0.1, 0.15) is 11.6 Å². The van der Waals surface area contributed by atoms with E-state index in [1.54, 1.807) is 19.1 Å². The number of nitrogens with zero attached hydrogens (tertiary/aromatic N) is 1. The van der Waals surface area contributed by atoms with E-state index in [-0.39, 0.29) is 35.3 Å². The molecule has 0 fully saturated rings. The molecule has 0 aliphatic carbocycles. The summed E-state index contributed by atoms with van der Waals surface area (Å²) >= 11 is 0. The second-order valence-corrected chi connectivity index (χ2v) is 8.12. The Morgan fingerprint density at radius 3 is 2.49 bits per heavy atom. The van der Waals surface area contributed by atoms with Crippen LogP contribution in [0.1, 0.15) is 44.5 Å². The van der Waals surface area contributed by atoms with Crippen LogP contribution >= 0.6 is 0 Å². The minimum absolute atomic E-state index is 0.0360. The van der Waals surface area contributed by atoms with Crippen LogP contribution in [0.4, 0.5) is 17.6 Å². The summed E-state index contributed by atoms with van der Waals surface area (Å²) in [4.78, 5) is 19.1. The molecule has 1 atom stereocenters. The van der Waals surface area contributed by atoms with E-state index in [1.807, 2.05) is 13.8 Å². The van der Waals surface area contributed by atoms with Crippen molar-refractivity contribution in [2.24, 2.45) is 5.92 Å². The first-order chi connectivity index (χ1) is 16.3. The van der Waals surface area contributed by atoms with Crippen molar-refractivity contribution in [2.45, 2.75) is 46.8 Å². The van der Waals surface area contributed by atoms with Gasteiger partial charge in [-0.3, -0.25) is 4.79 Å². The van der Waals surface area contributed by atoms with Crippen molar-refractivity contribution in [2.75, 3.05) is 0 Å². The van der Waals surface area contributed by atoms with Gasteiger partial charge in [0, 0.05) is 36.4 Å². The van der Waals surface area contributed by atoms with Crippen LogP contribution in [-0.2, 0) is 17.5 Å². The summed E-state index contributed by atoms with van der Waals surface area (Å²) in [6, 6.07) is 4.78. The van der Waals surface area contributed by atoms with Crippen molar-refractivity contribution in [3.63, 3.8) is 0 Å². The highest BCUT2D eigenvalue weighted by Gasteiger charge is 2.34. The van der Waals surface area contributed by atoms with Crippen LogP contribution in [0.5, 0.6) is 0 Å². The Bertz CT molecular complexity index is 1190. The average molecular weight is 492 g/mol. The van der Waals surface area contributed by atoms with Gasteiger partial charge in [-0.25, -0.2) is 9.37 Å². The molecule has 2 aromatic rings. The summed E-state index contributed by atoms with van der Waals surface area (Å²) in [6.07, 6.45) is -1.75. The molecule has 5 nitrogen and oxygen atoms in total. The highest BCUT2D eigenvalue weighted by atomic mass is 19.4. The number of H-pyrrole nitrogens is 1. The minimum atomic E-state index is -4.68. The lowest BCUT2D eigenvalue weighted by molar-refractivity contribution is -0.137. The maximum absolute atomic E-state index is 13.8. The van der Waals surface area contributed by atoms with E-state index in [9.17, 15) is 22.4 Å². The Hall–Kier alpha value is -3.62. The summed E-state index contributed by atoms with van der Waals surface area (Å²) < 4.78 is 59.5. The van der Waals surface area contributed by atoms with Crippen molar-refractivity contribution in [1.29, 1.82) is 0 Å². The minimum Gasteiger partial charge on any atom is -0.461 e. The Morgan fingerprint density at radius 1 is 1.23 bits per heavy atom. The topological polar surface area (TPSA) is 67.0 Å². The van der Waals surface area contributed by atoms with Gasteiger partial charge in [0.25, 0.3) is 5.56 Å². The van der Waals surface area contributed by atoms with Gasteiger partial charge in [0.05, 0.1) is 11.3 Å². The third kappa shape index (κ3) is 7.98. The molecule has 1 aromatic carbocycles. The number of alkyl halides is 4. The molecule has 0 amide bonds. The molecule has 0 aliphatic heterocycles. The normalized spacial score (nSPS) is 13.2. The van der Waals surface area contributed by atoms with Crippen molar-refractivity contribution in [1.82, 2.24) is 15.3 Å². The second-order valence-electron chi connectivity index (χ2n) is 8.12. The van der Waals surface area contributed by atoms with Gasteiger partial charge < -0.3 is 15.0 Å². The van der Waals surface area contributed by atoms with E-state index < -0.39 is 23.7 Å². The third-order valence-electron chi connectivity index (χ3n) is 4.87. The number of nitrogens with one attached hydrogen (secondary N) is 2. The fourth-order valence-corrected chi connectivity index (χ4v) is 3.10. The maximum atomic E-state index is 13.8. The predicted octanol–water partition coefficient (Wildman–Crippen LogP) is 6.52. The Labute approximate surface area is 201 Å². The van der Waals surface area contributed by atoms with E-state index in [1.165, 1.54) is 25.1 Å². The Kier molecular flexibility index (Phi) is 9.22. The lowest BCUT2D eigenvalue weighted by atomic mass is 10.0. The first-order valence-corrected chi connectivity index (χ1v) is 10.9. The summed E-state index contributed by atoms with van der Waals surface area (Å²) in [5, 5.41) is 3.09. The quantitative estimate of drug-likeness (QED) is 0.226. The molecule has 0 bridgehead atoms. The van der Waals surface area contributed by atoms with Crippen molar-refractivity contribution in [3.8, 4) is 11.4 Å². The lowest BCUT2D eigenvalue weighted by Gasteiger charge is -2.17. The van der Waals surface area contributed by atoms with Crippen LogP contribution < -0.4 is 10.9 Å². The van der Waals surface area contributed by atoms with E-state index in [2.05, 4.69) is 28.4 Å². The number of hydrogen-bond acceptors (Lipinski definition) is 4. The molecular weight excluding hydrogens is 462 g/mol. The predicted molar refractivity (Wildman–Crippen MR) is 130 cm³/mol. The number of rotatable bonds is 10. The van der Waals surface area contributed by atoms with E-state index in [0.29, 0.717) is 11.1 Å². The van der Waals surface area contributed by atoms with Crippen LogP contribution in [0.3, 0.4) is 0 Å². The zero-order chi connectivity index (χ0) is 26.3. The molecule has 35 heavy (non-hydrogen) atoms. The summed E-state index contributed by atoms with van der Waals surface area (Å²) in [7, 11) is 0. The van der Waals surface area contributed by atoms with Crippen molar-refractivity contribution >= 4 is 5.57 Å². The number of allylic oxidation sites excluding steroid dienone is 5. The number of benzene rings is 1. The molecule has 1 aromatic heterocycles. The third-order valence-corrected chi connectivity index (χ3v) is 4.87. The molecule has 0 saturated heterocycles. The molecule has 2 N–H and O–H groups in total. The van der Waals surface area contributed by atoms with Gasteiger partial charge in [0.15, 0.2) is 0 Å². The van der Waals surface area contributed by atoms with Crippen LogP contribution in [0.2, 0.25) is 0 Å². The number of aromatic amines is 1. The number of ether oxygens (including phenoxy) is 1. The highest BCUT2D eigenvalue weighted by molar-refractivity contribution is 5.74. The van der Waals surface area contributed by atoms with Gasteiger partial charge in [-0.1, -0.05) is 45.2 Å². The smallest absolute Gasteiger partial charge is 0.417 e. The fourth-order valence-electron chi connectivity index (χ4n) is 3.10. The number of aromatic nitrogens is 2. The molecule has 0 spiro atoms. The summed E-state index contributed by atoms with van der Waals surface area (Å²) in [5.41, 5.74) is -0.210. The fraction of sp³-hybridized carbons (Fsp3) is 0.308. The van der Waals surface area contributed by atoms with Crippen molar-refractivity contribution in [3.05, 3.63) is 94.3 Å². The first-order valence-electron chi connectivity index (χ1n) is 10.9. The monoisotopic (exact) mass is 491 g/mol. The molecule has 0 radical (unpaired) electrons. The van der Waals surface area contributed by atoms with Gasteiger partial charge in [-0.2, -0.15) is 13.2 Å². The van der Waals surface area contributed by atoms with Gasteiger partial charge in [0.2, 0.25) is 6.36 Å². The van der Waals surface area contributed by atoms with E-state index in [0.717, 1.165) is 17.8 Å². The molecule has 9 heteroatoms. The standard InChI is InChI=1S/C26H29F4N3O2/c1-7-8-20(11-16(4)35-18(6)27)23-13-24(34)33-25(32-23)21-12-19(14-31-17(5)15(2)3)9-10-22(21)26(28,29)30/h7-13,15,18,31H,4-5,14H2,1-3,6H3,(H,32,33,34)/b8-7-,20-11+. The number of halogens is 4. The molecule has 0 aliphatic rings. The molecule has 2 rings (SSSR count). The van der Waals surface area contributed by atoms with Crippen LogP contribution in [-0.4, -0.2) is 16.3 Å². The largest absolute Gasteiger partial charge is 0.461 e. The molecule has 188 valence electrons. The zero-order valence-corrected chi connectivity index (χ0v) is 20.1. The zero-order valence-electron chi connectivity index (χ0n) is 20.1. The lowest BCUT2D eigenvalue weighted by Crippen LogP contribution is -2.17. The summed E-state index contributed by atoms with van der Waals surface area (Å²) in [5.74, 6) is -0.147. The molecule has 1 heterocycles. The van der Waals surface area contributed by atoms with Gasteiger partial charge in [-0.05, 0) is 36.6 Å². The van der Waals surface area contributed by atoms with Crippen LogP contribution in [0.15, 0.2) is 71.9 Å². The SMILES string of the molecule is C=C(/C=C(\C=C/C)c1cc(=O)[nH]c(-c2cc(CNC(=C)C(C)C)ccc2C(F)(F)F)n1)OC(C)F. The van der Waals surface area contributed by atoms with Crippen molar-refractivity contribution < 1.29 is 22.3 Å². The van der Waals surface area contributed by atoms with E-state index in [4.69, 9.17) is 4.74 Å². The van der Waals surface area contributed by atoms with Gasteiger partial charge >= 0.3 is 6.18 Å². The maximum Gasteiger partial charge on any atom is 0.417 e. The Morgan fingerprint density at radius 2 is 1.91 bits per heavy atom. The van der Waals surface area contributed by atoms with Crippen LogP contribution in [0, 0.1) is 5.92 Å². The average Bonchev–Trinajstić information content (AvgIpc) is 2.75. The molecular formula is C26H29F4N3O2. The van der Waals surface area contributed by atoms with Gasteiger partial charge in [-0.15, -0.1) is 0 Å². The Balaban J connectivity index is 2.63. The highest BCUT2D eigenvalue weighted by Crippen LogP contribution is 2.36.